The second kappa shape index (κ2) is 5.50. The summed E-state index contributed by atoms with van der Waals surface area (Å²) in [6.45, 7) is 6.12. The Balaban J connectivity index is 1.61. The van der Waals surface area contributed by atoms with Gasteiger partial charge in [0.1, 0.15) is 0 Å². The molecule has 1 aliphatic heterocycles. The quantitative estimate of drug-likeness (QED) is 0.880. The number of aromatic amines is 1. The number of anilines is 2. The molecule has 0 amide bonds. The summed E-state index contributed by atoms with van der Waals surface area (Å²) in [6, 6.07) is 11.1. The first-order valence-corrected chi connectivity index (χ1v) is 6.96. The van der Waals surface area contributed by atoms with Gasteiger partial charge in [-0.15, -0.1) is 5.10 Å². The lowest BCUT2D eigenvalue weighted by Gasteiger charge is -2.37. The molecule has 1 aliphatic rings. The summed E-state index contributed by atoms with van der Waals surface area (Å²) in [6.07, 6.45) is 0. The van der Waals surface area contributed by atoms with Crippen molar-refractivity contribution >= 4 is 11.9 Å². The number of nitrogens with two attached hydrogens (primary N) is 1. The van der Waals surface area contributed by atoms with Crippen LogP contribution in [0.2, 0.25) is 0 Å². The molecular formula is C14H20N6. The van der Waals surface area contributed by atoms with Gasteiger partial charge in [-0.2, -0.15) is 4.98 Å². The molecule has 0 spiro atoms. The van der Waals surface area contributed by atoms with Crippen LogP contribution in [0.5, 0.6) is 0 Å². The van der Waals surface area contributed by atoms with E-state index in [2.05, 4.69) is 62.2 Å². The van der Waals surface area contributed by atoms with Gasteiger partial charge in [-0.05, 0) is 12.5 Å². The molecule has 0 bridgehead atoms. The van der Waals surface area contributed by atoms with Crippen molar-refractivity contribution in [3.8, 4) is 0 Å². The van der Waals surface area contributed by atoms with Crippen LogP contribution in [0.4, 0.5) is 11.9 Å². The number of H-pyrrole nitrogens is 1. The Morgan fingerprint density at radius 1 is 1.15 bits per heavy atom. The Morgan fingerprint density at radius 2 is 1.85 bits per heavy atom. The van der Waals surface area contributed by atoms with Gasteiger partial charge < -0.3 is 10.6 Å². The van der Waals surface area contributed by atoms with Gasteiger partial charge in [0, 0.05) is 32.2 Å². The lowest BCUT2D eigenvalue weighted by atomic mass is 10.1. The number of nitrogens with zero attached hydrogens (tertiary/aromatic N) is 4. The molecule has 0 saturated carbocycles. The van der Waals surface area contributed by atoms with Crippen molar-refractivity contribution in [3.05, 3.63) is 35.9 Å². The van der Waals surface area contributed by atoms with Crippen molar-refractivity contribution in [1.82, 2.24) is 20.1 Å². The standard InChI is InChI=1S/C14H20N6/c1-11(12-5-3-2-4-6-12)19-7-9-20(10-8-19)14-16-13(15)17-18-14/h2-6,11H,7-10H2,1H3,(H3,15,16,17,18). The highest BCUT2D eigenvalue weighted by Crippen LogP contribution is 2.22. The molecule has 1 unspecified atom stereocenters. The van der Waals surface area contributed by atoms with E-state index in [9.17, 15) is 0 Å². The van der Waals surface area contributed by atoms with Gasteiger partial charge in [-0.1, -0.05) is 30.3 Å². The van der Waals surface area contributed by atoms with Crippen molar-refractivity contribution in [3.63, 3.8) is 0 Å². The second-order valence-corrected chi connectivity index (χ2v) is 5.13. The fourth-order valence-corrected chi connectivity index (χ4v) is 2.66. The van der Waals surface area contributed by atoms with E-state index in [1.54, 1.807) is 0 Å². The van der Waals surface area contributed by atoms with E-state index >= 15 is 0 Å². The molecule has 1 aromatic carbocycles. The third-order valence-electron chi connectivity index (χ3n) is 3.92. The highest BCUT2D eigenvalue weighted by atomic mass is 15.4. The Hall–Kier alpha value is -2.08. The summed E-state index contributed by atoms with van der Waals surface area (Å²) in [7, 11) is 0. The van der Waals surface area contributed by atoms with Gasteiger partial charge in [-0.25, -0.2) is 5.10 Å². The summed E-state index contributed by atoms with van der Waals surface area (Å²) in [5.41, 5.74) is 6.93. The molecule has 106 valence electrons. The normalized spacial score (nSPS) is 18.1. The summed E-state index contributed by atoms with van der Waals surface area (Å²) >= 11 is 0. The van der Waals surface area contributed by atoms with Crippen molar-refractivity contribution in [2.75, 3.05) is 36.8 Å². The molecule has 20 heavy (non-hydrogen) atoms. The average molecular weight is 272 g/mol. The lowest BCUT2D eigenvalue weighted by Crippen LogP contribution is -2.47. The van der Waals surface area contributed by atoms with Crippen molar-refractivity contribution in [2.45, 2.75) is 13.0 Å². The topological polar surface area (TPSA) is 74.1 Å². The summed E-state index contributed by atoms with van der Waals surface area (Å²) in [4.78, 5) is 8.84. The maximum atomic E-state index is 5.57. The van der Waals surface area contributed by atoms with Crippen LogP contribution in [0, 0.1) is 0 Å². The number of nitrogens with one attached hydrogen (secondary N) is 1. The molecule has 2 aromatic rings. The van der Waals surface area contributed by atoms with Crippen LogP contribution in [0.25, 0.3) is 0 Å². The maximum Gasteiger partial charge on any atom is 0.246 e. The maximum absolute atomic E-state index is 5.57. The number of hydrogen-bond acceptors (Lipinski definition) is 5. The number of nitrogen functional groups attached to an aromatic ring is 1. The van der Waals surface area contributed by atoms with Gasteiger partial charge >= 0.3 is 0 Å². The van der Waals surface area contributed by atoms with Crippen LogP contribution in [-0.2, 0) is 0 Å². The van der Waals surface area contributed by atoms with Crippen molar-refractivity contribution in [2.24, 2.45) is 0 Å². The van der Waals surface area contributed by atoms with Gasteiger partial charge in [0.15, 0.2) is 0 Å². The third-order valence-corrected chi connectivity index (χ3v) is 3.92. The Morgan fingerprint density at radius 3 is 2.45 bits per heavy atom. The smallest absolute Gasteiger partial charge is 0.246 e. The molecule has 2 heterocycles. The fraction of sp³-hybridized carbons (Fsp3) is 0.429. The predicted octanol–water partition coefficient (Wildman–Crippen LogP) is 1.27. The van der Waals surface area contributed by atoms with Gasteiger partial charge in [0.25, 0.3) is 0 Å². The van der Waals surface area contributed by atoms with Crippen molar-refractivity contribution in [1.29, 1.82) is 0 Å². The number of hydrogen-bond donors (Lipinski definition) is 2. The molecule has 3 rings (SSSR count). The van der Waals surface area contributed by atoms with E-state index in [0.717, 1.165) is 26.2 Å². The minimum Gasteiger partial charge on any atom is -0.368 e. The van der Waals surface area contributed by atoms with E-state index in [4.69, 9.17) is 5.73 Å². The predicted molar refractivity (Wildman–Crippen MR) is 79.4 cm³/mol. The monoisotopic (exact) mass is 272 g/mol. The van der Waals surface area contributed by atoms with Crippen LogP contribution < -0.4 is 10.6 Å². The number of rotatable bonds is 3. The first-order chi connectivity index (χ1) is 9.74. The summed E-state index contributed by atoms with van der Waals surface area (Å²) < 4.78 is 0. The Labute approximate surface area is 118 Å². The second-order valence-electron chi connectivity index (χ2n) is 5.13. The van der Waals surface area contributed by atoms with Crippen LogP contribution in [0.1, 0.15) is 18.5 Å². The molecule has 1 fully saturated rings. The lowest BCUT2D eigenvalue weighted by molar-refractivity contribution is 0.198. The minimum absolute atomic E-state index is 0.375. The molecular weight excluding hydrogens is 252 g/mol. The van der Waals surface area contributed by atoms with Gasteiger partial charge in [0.2, 0.25) is 11.9 Å². The molecule has 0 radical (unpaired) electrons. The number of benzene rings is 1. The first kappa shape index (κ1) is 12.9. The van der Waals surface area contributed by atoms with E-state index in [-0.39, 0.29) is 0 Å². The summed E-state index contributed by atoms with van der Waals surface area (Å²) in [5.74, 6) is 1.08. The summed E-state index contributed by atoms with van der Waals surface area (Å²) in [5, 5.41) is 6.80. The van der Waals surface area contributed by atoms with E-state index in [1.165, 1.54) is 5.56 Å². The zero-order chi connectivity index (χ0) is 13.9. The highest BCUT2D eigenvalue weighted by Gasteiger charge is 2.23. The SMILES string of the molecule is CC(c1ccccc1)N1CCN(c2n[nH]c(N)n2)CC1. The zero-order valence-electron chi connectivity index (χ0n) is 11.7. The van der Waals surface area contributed by atoms with Crippen LogP contribution in [0.3, 0.4) is 0 Å². The highest BCUT2D eigenvalue weighted by molar-refractivity contribution is 5.34. The van der Waals surface area contributed by atoms with Crippen LogP contribution in [0.15, 0.2) is 30.3 Å². The van der Waals surface area contributed by atoms with Crippen LogP contribution >= 0.6 is 0 Å². The first-order valence-electron chi connectivity index (χ1n) is 6.96. The molecule has 6 heteroatoms. The molecule has 6 nitrogen and oxygen atoms in total. The third kappa shape index (κ3) is 2.60. The van der Waals surface area contributed by atoms with E-state index < -0.39 is 0 Å². The zero-order valence-corrected chi connectivity index (χ0v) is 11.7. The number of piperazine rings is 1. The van der Waals surface area contributed by atoms with Gasteiger partial charge in [0.05, 0.1) is 0 Å². The largest absolute Gasteiger partial charge is 0.368 e. The van der Waals surface area contributed by atoms with Crippen LogP contribution in [-0.4, -0.2) is 46.3 Å². The molecule has 1 aromatic heterocycles. The molecule has 1 saturated heterocycles. The van der Waals surface area contributed by atoms with E-state index in [1.807, 2.05) is 0 Å². The Bertz CT molecular complexity index is 544. The van der Waals surface area contributed by atoms with E-state index in [0.29, 0.717) is 17.9 Å². The fourth-order valence-electron chi connectivity index (χ4n) is 2.66. The Kier molecular flexibility index (Phi) is 3.56. The van der Waals surface area contributed by atoms with Gasteiger partial charge in [-0.3, -0.25) is 4.90 Å². The minimum atomic E-state index is 0.375. The number of aromatic nitrogens is 3. The van der Waals surface area contributed by atoms with Crippen molar-refractivity contribution < 1.29 is 0 Å². The molecule has 3 N–H and O–H groups in total. The molecule has 1 atom stereocenters. The average Bonchev–Trinajstić information content (AvgIpc) is 2.94. The molecule has 0 aliphatic carbocycles.